The summed E-state index contributed by atoms with van der Waals surface area (Å²) in [5.41, 5.74) is 1.72. The van der Waals surface area contributed by atoms with E-state index in [1.54, 1.807) is 38.1 Å². The Balaban J connectivity index is 1.93. The van der Waals surface area contributed by atoms with Crippen LogP contribution in [0.3, 0.4) is 0 Å². The average molecular weight is 441 g/mol. The van der Waals surface area contributed by atoms with Gasteiger partial charge in [0.25, 0.3) is 11.6 Å². The quantitative estimate of drug-likeness (QED) is 0.251. The number of carbonyl (C=O) groups is 1. The van der Waals surface area contributed by atoms with Crippen molar-refractivity contribution >= 4 is 33.6 Å². The van der Waals surface area contributed by atoms with E-state index in [0.717, 1.165) is 0 Å². The maximum absolute atomic E-state index is 12.5. The Morgan fingerprint density at radius 1 is 1.32 bits per heavy atom. The molecule has 0 aliphatic rings. The fourth-order valence-electron chi connectivity index (χ4n) is 2.63. The number of furan rings is 1. The van der Waals surface area contributed by atoms with Crippen LogP contribution in [0.25, 0.3) is 17.4 Å². The van der Waals surface area contributed by atoms with Crippen LogP contribution in [-0.4, -0.2) is 20.6 Å². The molecule has 0 saturated carbocycles. The number of allylic oxidation sites excluding steroid dienone is 1. The fraction of sp³-hybridized carbons (Fsp3) is 0.105. The molecule has 0 radical (unpaired) electrons. The minimum absolute atomic E-state index is 0.0513. The summed E-state index contributed by atoms with van der Waals surface area (Å²) in [4.78, 5) is 22.9. The predicted molar refractivity (Wildman–Crippen MR) is 104 cm³/mol. The van der Waals surface area contributed by atoms with E-state index in [-0.39, 0.29) is 11.3 Å². The van der Waals surface area contributed by atoms with Gasteiger partial charge in [-0.05, 0) is 54.0 Å². The van der Waals surface area contributed by atoms with E-state index < -0.39 is 10.8 Å². The van der Waals surface area contributed by atoms with Crippen LogP contribution in [0, 0.1) is 35.3 Å². The Hall–Kier alpha value is -3.51. The lowest BCUT2D eigenvalue weighted by atomic mass is 10.1. The van der Waals surface area contributed by atoms with Crippen molar-refractivity contribution in [3.8, 4) is 17.4 Å². The Kier molecular flexibility index (Phi) is 5.24. The molecule has 0 N–H and O–H groups in total. The van der Waals surface area contributed by atoms with Gasteiger partial charge in [-0.25, -0.2) is 4.68 Å². The average Bonchev–Trinajstić information content (AvgIpc) is 3.24. The van der Waals surface area contributed by atoms with Gasteiger partial charge in [0.15, 0.2) is 0 Å². The molecule has 2 heterocycles. The summed E-state index contributed by atoms with van der Waals surface area (Å²) in [6.45, 7) is 3.48. The minimum Gasteiger partial charge on any atom is -0.457 e. The third kappa shape index (κ3) is 3.77. The molecule has 0 unspecified atom stereocenters. The van der Waals surface area contributed by atoms with Gasteiger partial charge in [-0.15, -0.1) is 0 Å². The molecule has 0 aliphatic heterocycles. The van der Waals surface area contributed by atoms with Crippen LogP contribution in [0.4, 0.5) is 5.69 Å². The Bertz CT molecular complexity index is 1170. The van der Waals surface area contributed by atoms with Crippen LogP contribution in [-0.2, 0) is 0 Å². The molecular formula is C19H13BrN4O4. The van der Waals surface area contributed by atoms with Crippen LogP contribution in [0.5, 0.6) is 0 Å². The van der Waals surface area contributed by atoms with Gasteiger partial charge in [-0.3, -0.25) is 14.9 Å². The highest BCUT2D eigenvalue weighted by Crippen LogP contribution is 2.33. The lowest BCUT2D eigenvalue weighted by molar-refractivity contribution is -0.384. The summed E-state index contributed by atoms with van der Waals surface area (Å²) < 4.78 is 7.35. The van der Waals surface area contributed by atoms with E-state index in [4.69, 9.17) is 4.42 Å². The van der Waals surface area contributed by atoms with Crippen molar-refractivity contribution < 1.29 is 14.1 Å². The number of nitro groups is 1. The zero-order valence-electron chi connectivity index (χ0n) is 14.8. The molecule has 2 aromatic heterocycles. The van der Waals surface area contributed by atoms with Crippen LogP contribution in [0.1, 0.15) is 21.9 Å². The molecular weight excluding hydrogens is 428 g/mol. The van der Waals surface area contributed by atoms with Crippen LogP contribution in [0.2, 0.25) is 0 Å². The first-order valence-corrected chi connectivity index (χ1v) is 8.83. The number of hydrogen-bond acceptors (Lipinski definition) is 6. The lowest BCUT2D eigenvalue weighted by Gasteiger charge is -2.02. The predicted octanol–water partition coefficient (Wildman–Crippen LogP) is 4.68. The van der Waals surface area contributed by atoms with E-state index in [1.807, 2.05) is 6.07 Å². The molecule has 0 spiro atoms. The maximum atomic E-state index is 12.5. The summed E-state index contributed by atoms with van der Waals surface area (Å²) in [5, 5.41) is 24.3. The van der Waals surface area contributed by atoms with Gasteiger partial charge >= 0.3 is 0 Å². The first-order chi connectivity index (χ1) is 13.3. The third-order valence-corrected chi connectivity index (χ3v) is 4.55. The monoisotopic (exact) mass is 440 g/mol. The molecule has 0 fully saturated rings. The Morgan fingerprint density at radius 3 is 2.64 bits per heavy atom. The number of halogens is 1. The number of nitrogens with zero attached hydrogens (tertiary/aromatic N) is 4. The number of non-ortho nitro benzene ring substituents is 1. The van der Waals surface area contributed by atoms with Gasteiger partial charge in [0.05, 0.1) is 10.6 Å². The van der Waals surface area contributed by atoms with Crippen LogP contribution < -0.4 is 0 Å². The summed E-state index contributed by atoms with van der Waals surface area (Å²) in [6.07, 6.45) is 1.33. The highest BCUT2D eigenvalue weighted by molar-refractivity contribution is 9.10. The second-order valence-electron chi connectivity index (χ2n) is 5.94. The van der Waals surface area contributed by atoms with E-state index in [2.05, 4.69) is 21.0 Å². The van der Waals surface area contributed by atoms with Crippen LogP contribution in [0.15, 0.2) is 50.9 Å². The van der Waals surface area contributed by atoms with Crippen LogP contribution >= 0.6 is 15.9 Å². The van der Waals surface area contributed by atoms with Gasteiger partial charge in [0, 0.05) is 33.9 Å². The van der Waals surface area contributed by atoms with Crippen molar-refractivity contribution in [1.29, 1.82) is 5.26 Å². The first kappa shape index (κ1) is 19.3. The molecule has 140 valence electrons. The molecule has 28 heavy (non-hydrogen) atoms. The van der Waals surface area contributed by atoms with Crippen molar-refractivity contribution in [1.82, 2.24) is 9.78 Å². The number of hydrogen-bond donors (Lipinski definition) is 0. The first-order valence-electron chi connectivity index (χ1n) is 8.04. The third-order valence-electron chi connectivity index (χ3n) is 3.90. The van der Waals surface area contributed by atoms with E-state index in [1.165, 1.54) is 22.9 Å². The van der Waals surface area contributed by atoms with Crippen molar-refractivity contribution in [3.63, 3.8) is 0 Å². The summed E-state index contributed by atoms with van der Waals surface area (Å²) >= 11 is 3.29. The fourth-order valence-corrected chi connectivity index (χ4v) is 3.19. The molecule has 0 atom stereocenters. The number of rotatable bonds is 4. The zero-order chi connectivity index (χ0) is 20.4. The summed E-state index contributed by atoms with van der Waals surface area (Å²) in [6, 6.07) is 11.2. The van der Waals surface area contributed by atoms with E-state index in [0.29, 0.717) is 32.9 Å². The van der Waals surface area contributed by atoms with Gasteiger partial charge in [0.2, 0.25) is 0 Å². The van der Waals surface area contributed by atoms with Gasteiger partial charge in [0.1, 0.15) is 23.2 Å². The van der Waals surface area contributed by atoms with Crippen molar-refractivity contribution in [2.45, 2.75) is 13.8 Å². The topological polar surface area (TPSA) is 115 Å². The number of aryl methyl sites for hydroxylation is 2. The molecule has 0 saturated heterocycles. The summed E-state index contributed by atoms with van der Waals surface area (Å²) in [5.74, 6) is 0.179. The van der Waals surface area contributed by atoms with Gasteiger partial charge < -0.3 is 4.42 Å². The van der Waals surface area contributed by atoms with Gasteiger partial charge in [-0.2, -0.15) is 10.4 Å². The number of nitro benzene ring substituents is 1. The number of aromatic nitrogens is 2. The normalized spacial score (nSPS) is 11.3. The van der Waals surface area contributed by atoms with Gasteiger partial charge in [-0.1, -0.05) is 0 Å². The van der Waals surface area contributed by atoms with E-state index >= 15 is 0 Å². The molecule has 9 heteroatoms. The molecule has 3 rings (SSSR count). The molecule has 0 amide bonds. The van der Waals surface area contributed by atoms with Crippen molar-refractivity contribution in [2.24, 2.45) is 0 Å². The Labute approximate surface area is 168 Å². The lowest BCUT2D eigenvalue weighted by Crippen LogP contribution is -2.15. The SMILES string of the molecule is Cc1cc(C)n(C(=O)/C(C#N)=C/c2ccc(-c3ccc([N+](=O)[O-])cc3Br)o2)n1. The molecule has 1 aromatic carbocycles. The highest BCUT2D eigenvalue weighted by Gasteiger charge is 2.17. The number of benzene rings is 1. The molecule has 0 aliphatic carbocycles. The minimum atomic E-state index is -0.553. The van der Waals surface area contributed by atoms with Crippen molar-refractivity contribution in [2.75, 3.05) is 0 Å². The largest absolute Gasteiger partial charge is 0.457 e. The molecule has 3 aromatic rings. The second-order valence-corrected chi connectivity index (χ2v) is 6.79. The number of carbonyl (C=O) groups excluding carboxylic acids is 1. The Morgan fingerprint density at radius 2 is 2.07 bits per heavy atom. The van der Waals surface area contributed by atoms with Crippen molar-refractivity contribution in [3.05, 3.63) is 73.7 Å². The molecule has 0 bridgehead atoms. The smallest absolute Gasteiger partial charge is 0.289 e. The zero-order valence-corrected chi connectivity index (χ0v) is 16.4. The maximum Gasteiger partial charge on any atom is 0.289 e. The molecule has 8 nitrogen and oxygen atoms in total. The standard InChI is InChI=1S/C19H13BrN4O4/c1-11-7-12(2)23(22-11)19(25)13(10-21)8-15-4-6-18(28-15)16-5-3-14(24(26)27)9-17(16)20/h3-9H,1-2H3/b13-8+. The second kappa shape index (κ2) is 7.62. The number of nitriles is 1. The van der Waals surface area contributed by atoms with E-state index in [9.17, 15) is 20.2 Å². The highest BCUT2D eigenvalue weighted by atomic mass is 79.9. The summed E-state index contributed by atoms with van der Waals surface area (Å²) in [7, 11) is 0.